The fourth-order valence-corrected chi connectivity index (χ4v) is 3.80. The summed E-state index contributed by atoms with van der Waals surface area (Å²) in [6.07, 6.45) is 11.6. The van der Waals surface area contributed by atoms with Gasteiger partial charge in [-0.05, 0) is 61.6 Å². The highest BCUT2D eigenvalue weighted by atomic mass is 16.1. The lowest BCUT2D eigenvalue weighted by atomic mass is 10.1. The Bertz CT molecular complexity index is 1290. The van der Waals surface area contributed by atoms with E-state index in [2.05, 4.69) is 42.6 Å². The molecule has 0 unspecified atom stereocenters. The monoisotopic (exact) mass is 423 g/mol. The number of hydrogen-bond donors (Lipinski definition) is 1. The van der Waals surface area contributed by atoms with E-state index in [9.17, 15) is 4.79 Å². The van der Waals surface area contributed by atoms with Crippen molar-refractivity contribution >= 4 is 11.6 Å². The molecule has 2 aliphatic carbocycles. The molecule has 32 heavy (non-hydrogen) atoms. The predicted octanol–water partition coefficient (Wildman–Crippen LogP) is 4.26. The zero-order valence-electron chi connectivity index (χ0n) is 17.3. The number of aromatic nitrogens is 6. The standard InChI is InChI=1S/C24H21N7O/c32-24(22-11-16(7-9-26-22)17-3-6-20(27-13-17)15-1-2-15)29-18-8-10-25-21(12-18)23-30-28-14-31(23)19-4-5-19/h3,6-15,19H,1-2,4-5H2,(H,25,29,32). The van der Waals surface area contributed by atoms with Crippen LogP contribution in [-0.4, -0.2) is 35.6 Å². The molecular formula is C24H21N7O. The minimum atomic E-state index is -0.282. The van der Waals surface area contributed by atoms with Crippen LogP contribution in [0.2, 0.25) is 0 Å². The highest BCUT2D eigenvalue weighted by molar-refractivity contribution is 6.03. The number of nitrogens with one attached hydrogen (secondary N) is 1. The van der Waals surface area contributed by atoms with Gasteiger partial charge >= 0.3 is 0 Å². The van der Waals surface area contributed by atoms with Gasteiger partial charge in [-0.15, -0.1) is 10.2 Å². The van der Waals surface area contributed by atoms with Crippen LogP contribution in [0, 0.1) is 0 Å². The lowest BCUT2D eigenvalue weighted by Crippen LogP contribution is -2.14. The van der Waals surface area contributed by atoms with Crippen LogP contribution in [0.3, 0.4) is 0 Å². The molecule has 2 fully saturated rings. The van der Waals surface area contributed by atoms with Gasteiger partial charge in [-0.2, -0.15) is 0 Å². The molecule has 0 aliphatic heterocycles. The number of pyridine rings is 3. The second-order valence-electron chi connectivity index (χ2n) is 8.35. The zero-order chi connectivity index (χ0) is 21.5. The molecule has 0 atom stereocenters. The maximum atomic E-state index is 12.9. The van der Waals surface area contributed by atoms with Crippen molar-refractivity contribution < 1.29 is 4.79 Å². The van der Waals surface area contributed by atoms with Crippen LogP contribution >= 0.6 is 0 Å². The molecule has 0 radical (unpaired) electrons. The van der Waals surface area contributed by atoms with Gasteiger partial charge in [0, 0.05) is 47.5 Å². The zero-order valence-corrected chi connectivity index (χ0v) is 17.3. The van der Waals surface area contributed by atoms with Crippen molar-refractivity contribution in [3.8, 4) is 22.6 Å². The molecule has 0 bridgehead atoms. The Labute approximate surface area is 184 Å². The summed E-state index contributed by atoms with van der Waals surface area (Å²) in [5.74, 6) is 1.05. The Balaban J connectivity index is 1.21. The second kappa shape index (κ2) is 7.64. The van der Waals surface area contributed by atoms with Crippen LogP contribution in [-0.2, 0) is 0 Å². The Morgan fingerprint density at radius 3 is 2.59 bits per heavy atom. The minimum absolute atomic E-state index is 0.282. The van der Waals surface area contributed by atoms with Crippen molar-refractivity contribution in [3.63, 3.8) is 0 Å². The van der Waals surface area contributed by atoms with Crippen molar-refractivity contribution in [2.75, 3.05) is 5.32 Å². The quantitative estimate of drug-likeness (QED) is 0.497. The first-order valence-corrected chi connectivity index (χ1v) is 10.8. The van der Waals surface area contributed by atoms with Crippen LogP contribution in [0.15, 0.2) is 61.3 Å². The Morgan fingerprint density at radius 2 is 1.81 bits per heavy atom. The summed E-state index contributed by atoms with van der Waals surface area (Å²) in [6.45, 7) is 0. The molecule has 2 saturated carbocycles. The highest BCUT2D eigenvalue weighted by Gasteiger charge is 2.27. The lowest BCUT2D eigenvalue weighted by Gasteiger charge is -2.09. The summed E-state index contributed by atoms with van der Waals surface area (Å²) in [7, 11) is 0. The van der Waals surface area contributed by atoms with Gasteiger partial charge in [0.25, 0.3) is 5.91 Å². The average molecular weight is 423 g/mol. The first-order valence-electron chi connectivity index (χ1n) is 10.8. The molecule has 1 amide bonds. The molecule has 4 heterocycles. The van der Waals surface area contributed by atoms with Gasteiger partial charge in [0.05, 0.1) is 0 Å². The topological polar surface area (TPSA) is 98.5 Å². The third-order valence-electron chi connectivity index (χ3n) is 5.87. The van der Waals surface area contributed by atoms with E-state index in [0.29, 0.717) is 34.9 Å². The number of rotatable bonds is 6. The van der Waals surface area contributed by atoms with E-state index in [-0.39, 0.29) is 5.91 Å². The molecule has 0 aromatic carbocycles. The first kappa shape index (κ1) is 18.8. The van der Waals surface area contributed by atoms with E-state index in [0.717, 1.165) is 29.7 Å². The number of carbonyl (C=O) groups is 1. The summed E-state index contributed by atoms with van der Waals surface area (Å²) in [5.41, 5.74) is 4.67. The normalized spacial score (nSPS) is 15.5. The van der Waals surface area contributed by atoms with Crippen LogP contribution < -0.4 is 5.32 Å². The molecule has 2 aliphatic rings. The van der Waals surface area contributed by atoms with Gasteiger partial charge in [-0.3, -0.25) is 19.7 Å². The average Bonchev–Trinajstić information content (AvgIpc) is 3.78. The molecule has 4 aromatic heterocycles. The summed E-state index contributed by atoms with van der Waals surface area (Å²) < 4.78 is 2.04. The second-order valence-corrected chi connectivity index (χ2v) is 8.35. The number of hydrogen-bond acceptors (Lipinski definition) is 6. The third kappa shape index (κ3) is 3.75. The summed E-state index contributed by atoms with van der Waals surface area (Å²) in [4.78, 5) is 26.1. The van der Waals surface area contributed by atoms with E-state index in [1.807, 2.05) is 22.9 Å². The minimum Gasteiger partial charge on any atom is -0.321 e. The van der Waals surface area contributed by atoms with Gasteiger partial charge in [-0.1, -0.05) is 6.07 Å². The summed E-state index contributed by atoms with van der Waals surface area (Å²) in [6, 6.07) is 11.8. The van der Waals surface area contributed by atoms with E-state index in [4.69, 9.17) is 0 Å². The molecule has 4 aromatic rings. The van der Waals surface area contributed by atoms with Crippen LogP contribution in [0.1, 0.15) is 53.8 Å². The molecule has 158 valence electrons. The smallest absolute Gasteiger partial charge is 0.274 e. The number of anilines is 1. The summed E-state index contributed by atoms with van der Waals surface area (Å²) >= 11 is 0. The Kier molecular flexibility index (Phi) is 4.49. The maximum Gasteiger partial charge on any atom is 0.274 e. The van der Waals surface area contributed by atoms with E-state index in [1.54, 1.807) is 30.9 Å². The van der Waals surface area contributed by atoms with Crippen molar-refractivity contribution in [1.29, 1.82) is 0 Å². The van der Waals surface area contributed by atoms with E-state index >= 15 is 0 Å². The van der Waals surface area contributed by atoms with Gasteiger partial charge in [-0.25, -0.2) is 0 Å². The van der Waals surface area contributed by atoms with E-state index < -0.39 is 0 Å². The largest absolute Gasteiger partial charge is 0.321 e. The number of nitrogens with zero attached hydrogens (tertiary/aromatic N) is 6. The number of carbonyl (C=O) groups excluding carboxylic acids is 1. The molecule has 0 spiro atoms. The maximum absolute atomic E-state index is 12.9. The highest BCUT2D eigenvalue weighted by Crippen LogP contribution is 2.39. The fourth-order valence-electron chi connectivity index (χ4n) is 3.80. The van der Waals surface area contributed by atoms with Gasteiger partial charge in [0.2, 0.25) is 0 Å². The van der Waals surface area contributed by atoms with Crippen LogP contribution in [0.5, 0.6) is 0 Å². The molecule has 6 rings (SSSR count). The fraction of sp³-hybridized carbons (Fsp3) is 0.250. The predicted molar refractivity (Wildman–Crippen MR) is 119 cm³/mol. The molecule has 1 N–H and O–H groups in total. The molecule has 8 nitrogen and oxygen atoms in total. The Hall–Kier alpha value is -3.94. The summed E-state index contributed by atoms with van der Waals surface area (Å²) in [5, 5.41) is 11.2. The lowest BCUT2D eigenvalue weighted by molar-refractivity contribution is 0.102. The van der Waals surface area contributed by atoms with Gasteiger partial charge in [0.15, 0.2) is 5.82 Å². The van der Waals surface area contributed by atoms with Gasteiger partial charge < -0.3 is 9.88 Å². The molecule has 0 saturated heterocycles. The van der Waals surface area contributed by atoms with Gasteiger partial charge in [0.1, 0.15) is 17.7 Å². The molecular weight excluding hydrogens is 402 g/mol. The van der Waals surface area contributed by atoms with Crippen molar-refractivity contribution in [2.24, 2.45) is 0 Å². The van der Waals surface area contributed by atoms with Crippen LogP contribution in [0.4, 0.5) is 5.69 Å². The number of amides is 1. The van der Waals surface area contributed by atoms with E-state index in [1.165, 1.54) is 12.8 Å². The SMILES string of the molecule is O=C(Nc1ccnc(-c2nncn2C2CC2)c1)c1cc(-c2ccc(C3CC3)nc2)ccn1. The Morgan fingerprint density at radius 1 is 0.938 bits per heavy atom. The third-order valence-corrected chi connectivity index (χ3v) is 5.87. The van der Waals surface area contributed by atoms with Crippen molar-refractivity contribution in [2.45, 2.75) is 37.6 Å². The van der Waals surface area contributed by atoms with Crippen molar-refractivity contribution in [1.82, 2.24) is 29.7 Å². The van der Waals surface area contributed by atoms with Crippen LogP contribution in [0.25, 0.3) is 22.6 Å². The molecule has 8 heteroatoms. The van der Waals surface area contributed by atoms with Crippen molar-refractivity contribution in [3.05, 3.63) is 72.7 Å². The first-order chi connectivity index (χ1) is 15.7.